The predicted molar refractivity (Wildman–Crippen MR) is 146 cm³/mol. The fourth-order valence-electron chi connectivity index (χ4n) is 6.22. The van der Waals surface area contributed by atoms with Crippen LogP contribution >= 0.6 is 0 Å². The van der Waals surface area contributed by atoms with Crippen molar-refractivity contribution in [2.75, 3.05) is 41.8 Å². The van der Waals surface area contributed by atoms with Crippen LogP contribution in [0, 0.1) is 11.8 Å². The second-order valence-electron chi connectivity index (χ2n) is 10.1. The molecule has 0 unspecified atom stereocenters. The summed E-state index contributed by atoms with van der Waals surface area (Å²) < 4.78 is 38.6. The minimum atomic E-state index is -0.665. The third kappa shape index (κ3) is 4.32. The molecular weight excluding hydrogens is 546 g/mol. The Bertz CT molecular complexity index is 1560. The highest BCUT2D eigenvalue weighted by atomic mass is 16.7. The number of rotatable bonds is 7. The van der Waals surface area contributed by atoms with Crippen LogP contribution in [0.5, 0.6) is 28.7 Å². The molecule has 1 N–H and O–H groups in total. The Balaban J connectivity index is 1.51. The van der Waals surface area contributed by atoms with E-state index < -0.39 is 41.6 Å². The maximum Gasteiger partial charge on any atom is 0.338 e. The molecule has 0 saturated carbocycles. The molecule has 42 heavy (non-hydrogen) atoms. The fraction of sp³-hybridized carbons (Fsp3) is 0.323. The highest BCUT2D eigenvalue weighted by molar-refractivity contribution is 6.05. The lowest BCUT2D eigenvalue weighted by atomic mass is 9.65. The third-order valence-corrected chi connectivity index (χ3v) is 8.10. The maximum atomic E-state index is 13.7. The lowest BCUT2D eigenvalue weighted by molar-refractivity contribution is -0.141. The first-order valence-electron chi connectivity index (χ1n) is 13.3. The molecule has 1 amide bonds. The number of esters is 2. The van der Waals surface area contributed by atoms with Crippen LogP contribution in [0.25, 0.3) is 0 Å². The summed E-state index contributed by atoms with van der Waals surface area (Å²) in [4.78, 5) is 39.5. The molecule has 11 nitrogen and oxygen atoms in total. The molecule has 1 aliphatic carbocycles. The number of fused-ring (bicyclic) bond motifs is 3. The zero-order valence-corrected chi connectivity index (χ0v) is 23.4. The summed E-state index contributed by atoms with van der Waals surface area (Å²) in [5, 5.41) is 3.08. The van der Waals surface area contributed by atoms with Crippen LogP contribution < -0.4 is 29.0 Å². The molecule has 6 rings (SSSR count). The minimum Gasteiger partial charge on any atom is -0.493 e. The van der Waals surface area contributed by atoms with E-state index >= 15 is 0 Å². The molecule has 0 spiro atoms. The minimum absolute atomic E-state index is 0.0471. The van der Waals surface area contributed by atoms with Crippen molar-refractivity contribution in [1.29, 1.82) is 0 Å². The molecule has 0 aromatic heterocycles. The van der Waals surface area contributed by atoms with Crippen molar-refractivity contribution in [3.63, 3.8) is 0 Å². The quantitative estimate of drug-likeness (QED) is 0.417. The molecule has 3 aromatic rings. The molecule has 0 bridgehead atoms. The zero-order valence-electron chi connectivity index (χ0n) is 23.4. The molecule has 4 atom stereocenters. The van der Waals surface area contributed by atoms with Gasteiger partial charge in [0.15, 0.2) is 23.0 Å². The monoisotopic (exact) mass is 575 g/mol. The molecular formula is C31H29NO10. The Kier molecular flexibility index (Phi) is 7.01. The number of nitrogens with one attached hydrogen (secondary N) is 1. The smallest absolute Gasteiger partial charge is 0.338 e. The molecule has 11 heteroatoms. The van der Waals surface area contributed by atoms with E-state index in [0.717, 1.165) is 16.7 Å². The molecule has 218 valence electrons. The molecule has 1 saturated heterocycles. The van der Waals surface area contributed by atoms with Crippen LogP contribution in [0.3, 0.4) is 0 Å². The van der Waals surface area contributed by atoms with Gasteiger partial charge in [0.1, 0.15) is 0 Å². The van der Waals surface area contributed by atoms with Crippen LogP contribution in [0.15, 0.2) is 48.5 Å². The van der Waals surface area contributed by atoms with Gasteiger partial charge in [-0.3, -0.25) is 9.59 Å². The van der Waals surface area contributed by atoms with Gasteiger partial charge in [-0.25, -0.2) is 4.79 Å². The average molecular weight is 576 g/mol. The van der Waals surface area contributed by atoms with Crippen LogP contribution in [0.1, 0.15) is 49.4 Å². The van der Waals surface area contributed by atoms with Crippen LogP contribution in [-0.4, -0.2) is 59.7 Å². The number of hydrogen-bond acceptors (Lipinski definition) is 10. The molecule has 2 aliphatic heterocycles. The van der Waals surface area contributed by atoms with Crippen molar-refractivity contribution in [2.45, 2.75) is 12.0 Å². The Morgan fingerprint density at radius 3 is 2.10 bits per heavy atom. The first-order valence-corrected chi connectivity index (χ1v) is 13.3. The van der Waals surface area contributed by atoms with Gasteiger partial charge in [-0.1, -0.05) is 12.1 Å². The average Bonchev–Trinajstić information content (AvgIpc) is 3.64. The van der Waals surface area contributed by atoms with Crippen LogP contribution in [0.4, 0.5) is 0 Å². The Morgan fingerprint density at radius 2 is 1.48 bits per heavy atom. The summed E-state index contributed by atoms with van der Waals surface area (Å²) in [5.74, 6) is -0.779. The summed E-state index contributed by atoms with van der Waals surface area (Å²) in [7, 11) is 5.83. The Hall–Kier alpha value is -4.93. The van der Waals surface area contributed by atoms with Gasteiger partial charge in [0.2, 0.25) is 12.5 Å². The van der Waals surface area contributed by atoms with Crippen molar-refractivity contribution in [1.82, 2.24) is 5.32 Å². The summed E-state index contributed by atoms with van der Waals surface area (Å²) in [6.07, 6.45) is 0. The standard InChI is InChI=1S/C31H29NO10/c1-36-23-9-15(10-24(37-2)28(23)38-3)25-18-11-21-22(42-14-41-21)12-19(18)27(20-13-40-31(35)26(20)25)32-29(33)16-7-5-6-8-17(16)30(34)39-4/h5-12,20,25-27H,13-14H2,1-4H3,(H,32,33)/t20-,25+,26-,27+/m0/s1. The van der Waals surface area contributed by atoms with Crippen LogP contribution in [-0.2, 0) is 14.3 Å². The van der Waals surface area contributed by atoms with Crippen molar-refractivity contribution in [3.8, 4) is 28.7 Å². The Morgan fingerprint density at radius 1 is 0.833 bits per heavy atom. The van der Waals surface area contributed by atoms with Gasteiger partial charge in [0.25, 0.3) is 5.91 Å². The van der Waals surface area contributed by atoms with Gasteiger partial charge in [0, 0.05) is 11.8 Å². The van der Waals surface area contributed by atoms with E-state index in [2.05, 4.69) is 5.32 Å². The first kappa shape index (κ1) is 27.3. The summed E-state index contributed by atoms with van der Waals surface area (Å²) in [6.45, 7) is 0.132. The number of benzene rings is 3. The van der Waals surface area contributed by atoms with Gasteiger partial charge < -0.3 is 38.5 Å². The fourth-order valence-corrected chi connectivity index (χ4v) is 6.22. The predicted octanol–water partition coefficient (Wildman–Crippen LogP) is 3.63. The van der Waals surface area contributed by atoms with E-state index in [-0.39, 0.29) is 24.5 Å². The van der Waals surface area contributed by atoms with Crippen molar-refractivity contribution in [2.24, 2.45) is 11.8 Å². The second-order valence-corrected chi connectivity index (χ2v) is 10.1. The number of hydrogen-bond donors (Lipinski definition) is 1. The number of cyclic esters (lactones) is 1. The molecule has 1 fully saturated rings. The van der Waals surface area contributed by atoms with Gasteiger partial charge >= 0.3 is 11.9 Å². The SMILES string of the molecule is COC(=O)c1ccccc1C(=O)N[C@@H]1c2cc3c(cc2[C@@H](c2cc(OC)c(OC)c(OC)c2)[C@H]2C(=O)OC[C@@H]21)OCO3. The summed E-state index contributed by atoms with van der Waals surface area (Å²) in [5.41, 5.74) is 2.51. The number of amides is 1. The topological polar surface area (TPSA) is 128 Å². The molecule has 3 aromatic carbocycles. The highest BCUT2D eigenvalue weighted by Crippen LogP contribution is 2.55. The number of ether oxygens (including phenoxy) is 7. The number of carbonyl (C=O) groups excluding carboxylic acids is 3. The summed E-state index contributed by atoms with van der Waals surface area (Å²) in [6, 6.07) is 13.1. The third-order valence-electron chi connectivity index (χ3n) is 8.10. The molecule has 2 heterocycles. The van der Waals surface area contributed by atoms with E-state index in [4.69, 9.17) is 33.2 Å². The van der Waals surface area contributed by atoms with Crippen LogP contribution in [0.2, 0.25) is 0 Å². The number of carbonyl (C=O) groups is 3. The first-order chi connectivity index (χ1) is 20.4. The van der Waals surface area contributed by atoms with E-state index in [9.17, 15) is 14.4 Å². The largest absolute Gasteiger partial charge is 0.493 e. The van der Waals surface area contributed by atoms with Crippen molar-refractivity contribution in [3.05, 3.63) is 76.3 Å². The highest BCUT2D eigenvalue weighted by Gasteiger charge is 2.53. The Labute approximate surface area is 241 Å². The number of methoxy groups -OCH3 is 4. The van der Waals surface area contributed by atoms with Gasteiger partial charge in [-0.05, 0) is 53.1 Å². The lowest BCUT2D eigenvalue weighted by Gasteiger charge is -2.39. The maximum absolute atomic E-state index is 13.7. The lowest BCUT2D eigenvalue weighted by Crippen LogP contribution is -2.43. The summed E-state index contributed by atoms with van der Waals surface area (Å²) >= 11 is 0. The van der Waals surface area contributed by atoms with Gasteiger partial charge in [0.05, 0.1) is 58.1 Å². The molecule has 3 aliphatic rings. The van der Waals surface area contributed by atoms with E-state index in [1.54, 1.807) is 18.2 Å². The normalized spacial score (nSPS) is 21.5. The van der Waals surface area contributed by atoms with Crippen molar-refractivity contribution < 1.29 is 47.5 Å². The van der Waals surface area contributed by atoms with Gasteiger partial charge in [-0.2, -0.15) is 0 Å². The second kappa shape index (κ2) is 10.8. The zero-order chi connectivity index (χ0) is 29.5. The molecule has 0 radical (unpaired) electrons. The van der Waals surface area contributed by atoms with E-state index in [0.29, 0.717) is 28.7 Å². The van der Waals surface area contributed by atoms with E-state index in [1.807, 2.05) is 24.3 Å². The van der Waals surface area contributed by atoms with Gasteiger partial charge in [-0.15, -0.1) is 0 Å². The van der Waals surface area contributed by atoms with E-state index in [1.165, 1.54) is 34.5 Å². The van der Waals surface area contributed by atoms with Crippen molar-refractivity contribution >= 4 is 17.8 Å².